The number of carbonyl (C=O) groups excluding carboxylic acids is 1. The number of ether oxygens (including phenoxy) is 1. The summed E-state index contributed by atoms with van der Waals surface area (Å²) >= 11 is 0. The molecule has 0 aliphatic carbocycles. The SMILES string of the molecule is [2H]C([2H])([2H])N1C(=O)C(N)COc2cccnc21. The molecule has 0 radical (unpaired) electrons. The maximum Gasteiger partial charge on any atom is 0.248 e. The molecule has 0 aromatic carbocycles. The Morgan fingerprint density at radius 1 is 1.86 bits per heavy atom. The van der Waals surface area contributed by atoms with E-state index in [1.54, 1.807) is 12.1 Å². The molecule has 0 fully saturated rings. The number of likely N-dealkylation sites (N-methyl/N-ethyl adjacent to an activating group) is 1. The average Bonchev–Trinajstić information content (AvgIpc) is 2.37. The number of rotatable bonds is 0. The zero-order chi connectivity index (χ0) is 12.6. The third kappa shape index (κ3) is 1.31. The highest BCUT2D eigenvalue weighted by Gasteiger charge is 2.26. The van der Waals surface area contributed by atoms with E-state index in [0.29, 0.717) is 4.90 Å². The maximum absolute atomic E-state index is 11.9. The molecule has 2 rings (SSSR count). The maximum atomic E-state index is 11.9. The van der Waals surface area contributed by atoms with Crippen molar-refractivity contribution in [3.63, 3.8) is 0 Å². The molecular weight excluding hydrogens is 182 g/mol. The van der Waals surface area contributed by atoms with E-state index in [2.05, 4.69) is 4.98 Å². The van der Waals surface area contributed by atoms with E-state index in [9.17, 15) is 4.79 Å². The Kier molecular flexibility index (Phi) is 1.39. The number of aromatic nitrogens is 1. The summed E-state index contributed by atoms with van der Waals surface area (Å²) in [6, 6.07) is 2.13. The van der Waals surface area contributed by atoms with E-state index in [0.717, 1.165) is 0 Å². The second-order valence-electron chi connectivity index (χ2n) is 2.92. The summed E-state index contributed by atoms with van der Waals surface area (Å²) in [5.41, 5.74) is 5.55. The van der Waals surface area contributed by atoms with Crippen molar-refractivity contribution in [2.45, 2.75) is 6.04 Å². The van der Waals surface area contributed by atoms with Crippen LogP contribution < -0.4 is 15.4 Å². The van der Waals surface area contributed by atoms with Crippen LogP contribution in [0.4, 0.5) is 5.82 Å². The highest BCUT2D eigenvalue weighted by atomic mass is 16.5. The molecule has 1 aliphatic heterocycles. The first-order valence-corrected chi connectivity index (χ1v) is 4.09. The molecule has 1 aliphatic rings. The van der Waals surface area contributed by atoms with Crippen molar-refractivity contribution in [1.82, 2.24) is 4.98 Å². The smallest absolute Gasteiger partial charge is 0.248 e. The molecule has 1 atom stereocenters. The van der Waals surface area contributed by atoms with Gasteiger partial charge in [-0.2, -0.15) is 0 Å². The molecule has 5 heteroatoms. The highest BCUT2D eigenvalue weighted by molar-refractivity contribution is 5.97. The van der Waals surface area contributed by atoms with Gasteiger partial charge in [0.05, 0.1) is 0 Å². The first kappa shape index (κ1) is 5.98. The van der Waals surface area contributed by atoms with Gasteiger partial charge in [0.2, 0.25) is 5.91 Å². The minimum atomic E-state index is -2.63. The predicted octanol–water partition coefficient (Wildman–Crippen LogP) is -0.236. The molecule has 0 spiro atoms. The summed E-state index contributed by atoms with van der Waals surface area (Å²) in [6.07, 6.45) is 1.39. The van der Waals surface area contributed by atoms with Gasteiger partial charge >= 0.3 is 0 Å². The zero-order valence-electron chi connectivity index (χ0n) is 10.3. The summed E-state index contributed by atoms with van der Waals surface area (Å²) in [5.74, 6) is -0.502. The number of nitrogens with two attached hydrogens (primary N) is 1. The Hall–Kier alpha value is -1.62. The molecule has 5 nitrogen and oxygen atoms in total. The number of nitrogens with zero attached hydrogens (tertiary/aromatic N) is 2. The van der Waals surface area contributed by atoms with Crippen LogP contribution in [0.3, 0.4) is 0 Å². The van der Waals surface area contributed by atoms with Gasteiger partial charge in [-0.25, -0.2) is 4.98 Å². The van der Waals surface area contributed by atoms with Crippen molar-refractivity contribution in [1.29, 1.82) is 0 Å². The van der Waals surface area contributed by atoms with Crippen LogP contribution in [0.2, 0.25) is 0 Å². The van der Waals surface area contributed by atoms with E-state index in [4.69, 9.17) is 14.6 Å². The average molecular weight is 196 g/mol. The van der Waals surface area contributed by atoms with E-state index in [1.807, 2.05) is 0 Å². The Morgan fingerprint density at radius 2 is 2.71 bits per heavy atom. The quantitative estimate of drug-likeness (QED) is 0.622. The van der Waals surface area contributed by atoms with E-state index in [-0.39, 0.29) is 18.2 Å². The summed E-state index contributed by atoms with van der Waals surface area (Å²) in [4.78, 5) is 16.4. The summed E-state index contributed by atoms with van der Waals surface area (Å²) in [7, 11) is 0. The van der Waals surface area contributed by atoms with Gasteiger partial charge in [0.1, 0.15) is 12.6 Å². The van der Waals surface area contributed by atoms with Gasteiger partial charge in [0, 0.05) is 17.3 Å². The number of carbonyl (C=O) groups is 1. The number of fused-ring (bicyclic) bond motifs is 1. The summed E-state index contributed by atoms with van der Waals surface area (Å²) < 4.78 is 27.3. The molecule has 2 heterocycles. The molecular formula is C9H11N3O2. The van der Waals surface area contributed by atoms with Crippen molar-refractivity contribution in [2.24, 2.45) is 5.73 Å². The van der Waals surface area contributed by atoms with Crippen molar-refractivity contribution in [2.75, 3.05) is 18.5 Å². The summed E-state index contributed by atoms with van der Waals surface area (Å²) in [6.45, 7) is -2.70. The Morgan fingerprint density at radius 3 is 3.50 bits per heavy atom. The zero-order valence-corrected chi connectivity index (χ0v) is 7.30. The van der Waals surface area contributed by atoms with Crippen LogP contribution in [0.5, 0.6) is 5.75 Å². The fourth-order valence-corrected chi connectivity index (χ4v) is 1.18. The lowest BCUT2D eigenvalue weighted by Crippen LogP contribution is -2.43. The Balaban J connectivity index is 2.55. The van der Waals surface area contributed by atoms with Gasteiger partial charge in [0.25, 0.3) is 0 Å². The van der Waals surface area contributed by atoms with Crippen molar-refractivity contribution in [3.05, 3.63) is 18.3 Å². The van der Waals surface area contributed by atoms with Gasteiger partial charge in [-0.1, -0.05) is 0 Å². The third-order valence-electron chi connectivity index (χ3n) is 1.92. The highest BCUT2D eigenvalue weighted by Crippen LogP contribution is 2.26. The van der Waals surface area contributed by atoms with E-state index >= 15 is 0 Å². The Bertz CT molecular complexity index is 449. The van der Waals surface area contributed by atoms with Crippen molar-refractivity contribution >= 4 is 11.7 Å². The number of hydrogen-bond donors (Lipinski definition) is 1. The third-order valence-corrected chi connectivity index (χ3v) is 1.92. The van der Waals surface area contributed by atoms with Crippen molar-refractivity contribution < 1.29 is 13.6 Å². The first-order valence-electron chi connectivity index (χ1n) is 5.59. The largest absolute Gasteiger partial charge is 0.488 e. The minimum Gasteiger partial charge on any atom is -0.488 e. The molecule has 2 N–H and O–H groups in total. The van der Waals surface area contributed by atoms with Crippen LogP contribution in [0, 0.1) is 0 Å². The second kappa shape index (κ2) is 3.26. The molecule has 14 heavy (non-hydrogen) atoms. The molecule has 1 aromatic heterocycles. The van der Waals surface area contributed by atoms with Gasteiger partial charge in [-0.3, -0.25) is 9.69 Å². The molecule has 74 valence electrons. The lowest BCUT2D eigenvalue weighted by atomic mass is 10.3. The standard InChI is InChI=1S/C9H11N3O2/c1-12-8-7(3-2-4-11-8)14-5-6(10)9(12)13/h2-4,6H,5,10H2,1H3/i1D3. The fraction of sp³-hybridized carbons (Fsp3) is 0.333. The second-order valence-corrected chi connectivity index (χ2v) is 2.92. The van der Waals surface area contributed by atoms with Crippen LogP contribution in [0.1, 0.15) is 4.11 Å². The predicted molar refractivity (Wildman–Crippen MR) is 51.1 cm³/mol. The van der Waals surface area contributed by atoms with Crippen LogP contribution in [-0.2, 0) is 4.79 Å². The minimum absolute atomic E-state index is 0.0227. The van der Waals surface area contributed by atoms with Gasteiger partial charge in [-0.15, -0.1) is 0 Å². The van der Waals surface area contributed by atoms with E-state index < -0.39 is 18.9 Å². The molecule has 0 saturated heterocycles. The van der Waals surface area contributed by atoms with Crippen LogP contribution in [0.25, 0.3) is 0 Å². The monoisotopic (exact) mass is 196 g/mol. The topological polar surface area (TPSA) is 68.5 Å². The van der Waals surface area contributed by atoms with Crippen molar-refractivity contribution in [3.8, 4) is 5.75 Å². The number of hydrogen-bond acceptors (Lipinski definition) is 4. The van der Waals surface area contributed by atoms with Crippen LogP contribution in [-0.4, -0.2) is 30.5 Å². The summed E-state index contributed by atoms with van der Waals surface area (Å²) in [5, 5.41) is 0. The Labute approximate surface area is 85.7 Å². The van der Waals surface area contributed by atoms with Gasteiger partial charge < -0.3 is 10.5 Å². The molecule has 1 amide bonds. The molecule has 0 bridgehead atoms. The lowest BCUT2D eigenvalue weighted by molar-refractivity contribution is -0.119. The number of amides is 1. The van der Waals surface area contributed by atoms with E-state index in [1.165, 1.54) is 6.20 Å². The van der Waals surface area contributed by atoms with Gasteiger partial charge in [0.15, 0.2) is 11.6 Å². The normalized spacial score (nSPS) is 25.2. The van der Waals surface area contributed by atoms with Crippen LogP contribution in [0.15, 0.2) is 18.3 Å². The van der Waals surface area contributed by atoms with Gasteiger partial charge in [-0.05, 0) is 12.1 Å². The fourth-order valence-electron chi connectivity index (χ4n) is 1.18. The number of pyridine rings is 1. The molecule has 1 aromatic rings. The molecule has 1 unspecified atom stereocenters. The lowest BCUT2D eigenvalue weighted by Gasteiger charge is -2.15. The molecule has 0 saturated carbocycles. The number of anilines is 1. The van der Waals surface area contributed by atoms with Crippen LogP contribution >= 0.6 is 0 Å². The first-order chi connectivity index (χ1) is 7.91.